The number of benzene rings is 1. The van der Waals surface area contributed by atoms with Crippen LogP contribution >= 0.6 is 12.2 Å². The van der Waals surface area contributed by atoms with Crippen molar-refractivity contribution in [3.8, 4) is 11.5 Å². The largest absolute Gasteiger partial charge is 0.497 e. The Balaban J connectivity index is 1.89. The van der Waals surface area contributed by atoms with Crippen molar-refractivity contribution in [2.75, 3.05) is 34.4 Å². The Labute approximate surface area is 137 Å². The summed E-state index contributed by atoms with van der Waals surface area (Å²) in [6.45, 7) is 2.30. The summed E-state index contributed by atoms with van der Waals surface area (Å²) in [4.78, 5) is 1.99. The van der Waals surface area contributed by atoms with E-state index in [0.29, 0.717) is 11.7 Å². The molecule has 0 aromatic heterocycles. The molecule has 1 saturated heterocycles. The Hall–Kier alpha value is -1.53. The molecule has 1 N–H and O–H groups in total. The first kappa shape index (κ1) is 16.8. The lowest BCUT2D eigenvalue weighted by Crippen LogP contribution is -2.40. The Morgan fingerprint density at radius 3 is 2.86 bits per heavy atom. The first-order chi connectivity index (χ1) is 10.6. The van der Waals surface area contributed by atoms with E-state index in [1.807, 2.05) is 30.1 Å². The number of ether oxygens (including phenoxy) is 3. The molecule has 122 valence electrons. The molecule has 0 saturated carbocycles. The van der Waals surface area contributed by atoms with Crippen molar-refractivity contribution < 1.29 is 14.2 Å². The standard InChI is InChI=1S/C16H24N2O3S/c1-18(16(22)17-10-14-5-4-8-21-14)11-12-6-7-13(19-2)9-15(12)20-3/h6-7,9,14H,4-5,8,10-11H2,1-3H3,(H,17,22). The van der Waals surface area contributed by atoms with E-state index in [2.05, 4.69) is 5.32 Å². The van der Waals surface area contributed by atoms with Crippen molar-refractivity contribution in [1.29, 1.82) is 0 Å². The molecule has 0 aliphatic carbocycles. The average molecular weight is 324 g/mol. The topological polar surface area (TPSA) is 43.0 Å². The number of thiocarbonyl (C=S) groups is 1. The SMILES string of the molecule is COc1ccc(CN(C)C(=S)NCC2CCCO2)c(OC)c1. The average Bonchev–Trinajstić information content (AvgIpc) is 3.06. The monoisotopic (exact) mass is 324 g/mol. The van der Waals surface area contributed by atoms with Gasteiger partial charge >= 0.3 is 0 Å². The second kappa shape index (κ2) is 8.19. The summed E-state index contributed by atoms with van der Waals surface area (Å²) in [7, 11) is 5.27. The molecular weight excluding hydrogens is 300 g/mol. The molecule has 1 aliphatic heterocycles. The van der Waals surface area contributed by atoms with Crippen LogP contribution in [-0.4, -0.2) is 50.5 Å². The summed E-state index contributed by atoms with van der Waals surface area (Å²) in [5.74, 6) is 1.58. The van der Waals surface area contributed by atoms with Crippen molar-refractivity contribution >= 4 is 17.3 Å². The fraction of sp³-hybridized carbons (Fsp3) is 0.562. The van der Waals surface area contributed by atoms with E-state index in [9.17, 15) is 0 Å². The van der Waals surface area contributed by atoms with Gasteiger partial charge in [0.2, 0.25) is 0 Å². The minimum atomic E-state index is 0.280. The van der Waals surface area contributed by atoms with Crippen molar-refractivity contribution in [2.24, 2.45) is 0 Å². The van der Waals surface area contributed by atoms with Gasteiger partial charge in [-0.25, -0.2) is 0 Å². The van der Waals surface area contributed by atoms with E-state index in [1.54, 1.807) is 14.2 Å². The van der Waals surface area contributed by atoms with Gasteiger partial charge in [0.1, 0.15) is 11.5 Å². The minimum Gasteiger partial charge on any atom is -0.497 e. The van der Waals surface area contributed by atoms with Gasteiger partial charge < -0.3 is 24.4 Å². The van der Waals surface area contributed by atoms with Crippen LogP contribution in [0.2, 0.25) is 0 Å². The Morgan fingerprint density at radius 1 is 1.41 bits per heavy atom. The highest BCUT2D eigenvalue weighted by atomic mass is 32.1. The van der Waals surface area contributed by atoms with Crippen LogP contribution in [0.25, 0.3) is 0 Å². The van der Waals surface area contributed by atoms with Gasteiger partial charge in [-0.3, -0.25) is 0 Å². The molecule has 22 heavy (non-hydrogen) atoms. The van der Waals surface area contributed by atoms with Gasteiger partial charge in [0.25, 0.3) is 0 Å². The molecule has 2 rings (SSSR count). The van der Waals surface area contributed by atoms with Gasteiger partial charge in [0, 0.05) is 38.4 Å². The molecule has 6 heteroatoms. The predicted molar refractivity (Wildman–Crippen MR) is 90.6 cm³/mol. The molecule has 1 aliphatic rings. The molecule has 1 aromatic carbocycles. The summed E-state index contributed by atoms with van der Waals surface area (Å²) < 4.78 is 16.2. The Kier molecular flexibility index (Phi) is 6.27. The number of rotatable bonds is 6. The highest BCUT2D eigenvalue weighted by Crippen LogP contribution is 2.25. The van der Waals surface area contributed by atoms with Crippen LogP contribution in [-0.2, 0) is 11.3 Å². The van der Waals surface area contributed by atoms with Crippen LogP contribution in [0.1, 0.15) is 18.4 Å². The summed E-state index contributed by atoms with van der Waals surface area (Å²) in [6, 6.07) is 5.80. The zero-order valence-electron chi connectivity index (χ0n) is 13.4. The zero-order valence-corrected chi connectivity index (χ0v) is 14.2. The van der Waals surface area contributed by atoms with Crippen molar-refractivity contribution in [1.82, 2.24) is 10.2 Å². The third-order valence-corrected chi connectivity index (χ3v) is 4.21. The Bertz CT molecular complexity index is 504. The number of methoxy groups -OCH3 is 2. The van der Waals surface area contributed by atoms with Gasteiger partial charge in [-0.1, -0.05) is 0 Å². The smallest absolute Gasteiger partial charge is 0.169 e. The predicted octanol–water partition coefficient (Wildman–Crippen LogP) is 2.19. The fourth-order valence-corrected chi connectivity index (χ4v) is 2.60. The van der Waals surface area contributed by atoms with E-state index in [1.165, 1.54) is 0 Å². The number of hydrogen-bond acceptors (Lipinski definition) is 4. The van der Waals surface area contributed by atoms with Gasteiger partial charge in [-0.05, 0) is 37.2 Å². The van der Waals surface area contributed by atoms with Crippen molar-refractivity contribution in [2.45, 2.75) is 25.5 Å². The molecule has 0 bridgehead atoms. The van der Waals surface area contributed by atoms with Crippen LogP contribution in [0.3, 0.4) is 0 Å². The highest BCUT2D eigenvalue weighted by molar-refractivity contribution is 7.80. The lowest BCUT2D eigenvalue weighted by molar-refractivity contribution is 0.113. The number of nitrogens with one attached hydrogen (secondary N) is 1. The van der Waals surface area contributed by atoms with Crippen LogP contribution < -0.4 is 14.8 Å². The van der Waals surface area contributed by atoms with Gasteiger partial charge in [0.15, 0.2) is 5.11 Å². The fourth-order valence-electron chi connectivity index (χ4n) is 2.45. The molecule has 1 fully saturated rings. The maximum absolute atomic E-state index is 5.59. The molecule has 1 aromatic rings. The van der Waals surface area contributed by atoms with Crippen LogP contribution in [0.4, 0.5) is 0 Å². The summed E-state index contributed by atoms with van der Waals surface area (Å²) in [5.41, 5.74) is 1.06. The van der Waals surface area contributed by atoms with Gasteiger partial charge in [0.05, 0.1) is 20.3 Å². The maximum atomic E-state index is 5.59. The molecular formula is C16H24N2O3S. The molecule has 5 nitrogen and oxygen atoms in total. The zero-order chi connectivity index (χ0) is 15.9. The lowest BCUT2D eigenvalue weighted by Gasteiger charge is -2.23. The summed E-state index contributed by atoms with van der Waals surface area (Å²) >= 11 is 5.43. The molecule has 1 unspecified atom stereocenters. The van der Waals surface area contributed by atoms with Crippen LogP contribution in [0, 0.1) is 0 Å². The van der Waals surface area contributed by atoms with E-state index >= 15 is 0 Å². The normalized spacial score (nSPS) is 17.1. The molecule has 1 atom stereocenters. The van der Waals surface area contributed by atoms with E-state index in [4.69, 9.17) is 26.4 Å². The van der Waals surface area contributed by atoms with Gasteiger partial charge in [-0.15, -0.1) is 0 Å². The van der Waals surface area contributed by atoms with E-state index < -0.39 is 0 Å². The minimum absolute atomic E-state index is 0.280. The van der Waals surface area contributed by atoms with Crippen molar-refractivity contribution in [3.63, 3.8) is 0 Å². The third kappa shape index (κ3) is 4.48. The quantitative estimate of drug-likeness (QED) is 0.809. The lowest BCUT2D eigenvalue weighted by atomic mass is 10.2. The second-order valence-electron chi connectivity index (χ2n) is 5.35. The molecule has 0 spiro atoms. The first-order valence-corrected chi connectivity index (χ1v) is 7.86. The number of hydrogen-bond donors (Lipinski definition) is 1. The highest BCUT2D eigenvalue weighted by Gasteiger charge is 2.16. The van der Waals surface area contributed by atoms with Crippen LogP contribution in [0.5, 0.6) is 11.5 Å². The summed E-state index contributed by atoms with van der Waals surface area (Å²) in [5, 5.41) is 3.99. The second-order valence-corrected chi connectivity index (χ2v) is 5.74. The van der Waals surface area contributed by atoms with Crippen molar-refractivity contribution in [3.05, 3.63) is 23.8 Å². The van der Waals surface area contributed by atoms with E-state index in [0.717, 1.165) is 43.1 Å². The Morgan fingerprint density at radius 2 is 2.23 bits per heavy atom. The van der Waals surface area contributed by atoms with Gasteiger partial charge in [-0.2, -0.15) is 0 Å². The maximum Gasteiger partial charge on any atom is 0.169 e. The number of nitrogens with zero attached hydrogens (tertiary/aromatic N) is 1. The first-order valence-electron chi connectivity index (χ1n) is 7.45. The molecule has 1 heterocycles. The third-order valence-electron chi connectivity index (χ3n) is 3.75. The van der Waals surface area contributed by atoms with Crippen LogP contribution in [0.15, 0.2) is 18.2 Å². The molecule has 0 radical (unpaired) electrons. The van der Waals surface area contributed by atoms with E-state index in [-0.39, 0.29) is 6.10 Å². The summed E-state index contributed by atoms with van der Waals surface area (Å²) in [6.07, 6.45) is 2.52. The molecule has 0 amide bonds.